The number of alkyl halides is 2. The topological polar surface area (TPSA) is 36.1 Å². The van der Waals surface area contributed by atoms with E-state index in [-0.39, 0.29) is 17.0 Å². The Hall–Kier alpha value is -3.02. The van der Waals surface area contributed by atoms with E-state index in [4.69, 9.17) is 0 Å². The molecule has 0 aliphatic carbocycles. The highest BCUT2D eigenvalue weighted by atomic mass is 19.3. The normalized spacial score (nSPS) is 16.1. The third kappa shape index (κ3) is 4.18. The highest BCUT2D eigenvalue weighted by Crippen LogP contribution is 2.35. The number of nitrogens with one attached hydrogen (secondary N) is 1. The first-order valence-electron chi connectivity index (χ1n) is 10.9. The number of hydrogen-bond donors (Lipinski definition) is 1. The molecule has 1 N–H and O–H groups in total. The maximum Gasteiger partial charge on any atom is 0.270 e. The molecule has 4 rings (SSSR count). The molecule has 1 aliphatic heterocycles. The number of hydrogen-bond acceptors (Lipinski definition) is 1. The van der Waals surface area contributed by atoms with Gasteiger partial charge in [0, 0.05) is 48.2 Å². The molecule has 0 unspecified atom stereocenters. The maximum absolute atomic E-state index is 15.0. The lowest BCUT2D eigenvalue weighted by Crippen LogP contribution is -2.39. The van der Waals surface area contributed by atoms with Crippen LogP contribution < -0.4 is 0 Å². The molecular weight excluding hydrogens is 413 g/mol. The smallest absolute Gasteiger partial charge is 0.270 e. The summed E-state index contributed by atoms with van der Waals surface area (Å²) < 4.78 is 42.5. The molecule has 1 aliphatic rings. The number of allylic oxidation sites excluding steroid dienone is 2. The lowest BCUT2D eigenvalue weighted by molar-refractivity contribution is 0.0175. The molecular formula is C26H27F3N2O. The number of rotatable bonds is 4. The van der Waals surface area contributed by atoms with Gasteiger partial charge in [0.25, 0.3) is 11.8 Å². The number of benzene rings is 2. The van der Waals surface area contributed by atoms with Crippen molar-refractivity contribution in [1.29, 1.82) is 0 Å². The first-order chi connectivity index (χ1) is 15.2. The summed E-state index contributed by atoms with van der Waals surface area (Å²) in [5, 5.41) is 0.554. The summed E-state index contributed by atoms with van der Waals surface area (Å²) in [5.41, 5.74) is 3.03. The zero-order valence-corrected chi connectivity index (χ0v) is 18.5. The van der Waals surface area contributed by atoms with Gasteiger partial charge in [-0.1, -0.05) is 29.8 Å². The van der Waals surface area contributed by atoms with E-state index in [1.54, 1.807) is 23.2 Å². The highest BCUT2D eigenvalue weighted by Gasteiger charge is 2.27. The van der Waals surface area contributed by atoms with Gasteiger partial charge in [-0.2, -0.15) is 0 Å². The van der Waals surface area contributed by atoms with Crippen LogP contribution in [0.3, 0.4) is 0 Å². The summed E-state index contributed by atoms with van der Waals surface area (Å²) in [6.45, 7) is 6.17. The number of likely N-dealkylation sites (tertiary alicyclic amines) is 1. The molecule has 3 nitrogen and oxygen atoms in total. The fourth-order valence-electron chi connectivity index (χ4n) is 4.45. The van der Waals surface area contributed by atoms with E-state index >= 15 is 4.39 Å². The van der Waals surface area contributed by atoms with Crippen LogP contribution in [0.4, 0.5) is 13.2 Å². The van der Waals surface area contributed by atoms with Gasteiger partial charge in [0.1, 0.15) is 5.82 Å². The van der Waals surface area contributed by atoms with Gasteiger partial charge < -0.3 is 9.88 Å². The van der Waals surface area contributed by atoms with Crippen LogP contribution in [0, 0.1) is 11.7 Å². The summed E-state index contributed by atoms with van der Waals surface area (Å²) in [6.07, 6.45) is 5.51. The fraction of sp³-hybridized carbons (Fsp3) is 0.346. The van der Waals surface area contributed by atoms with E-state index < -0.39 is 11.7 Å². The van der Waals surface area contributed by atoms with Crippen LogP contribution >= 0.6 is 0 Å². The number of amides is 1. The molecule has 0 spiro atoms. The summed E-state index contributed by atoms with van der Waals surface area (Å²) in [5.74, 6) is -3.42. The van der Waals surface area contributed by atoms with Crippen molar-refractivity contribution in [3.8, 4) is 11.1 Å². The van der Waals surface area contributed by atoms with Crippen LogP contribution in [0.15, 0.2) is 54.2 Å². The van der Waals surface area contributed by atoms with Crippen molar-refractivity contribution in [1.82, 2.24) is 9.88 Å². The molecule has 2 aromatic carbocycles. The van der Waals surface area contributed by atoms with E-state index in [1.807, 2.05) is 6.92 Å². The number of piperidine rings is 1. The summed E-state index contributed by atoms with van der Waals surface area (Å²) in [6, 6.07) is 8.91. The van der Waals surface area contributed by atoms with Crippen molar-refractivity contribution in [3.05, 3.63) is 71.2 Å². The fourth-order valence-corrected chi connectivity index (χ4v) is 4.45. The summed E-state index contributed by atoms with van der Waals surface area (Å²) in [7, 11) is 0. The van der Waals surface area contributed by atoms with Gasteiger partial charge in [0.15, 0.2) is 0 Å². The molecule has 1 aromatic heterocycles. The number of H-pyrrole nitrogens is 1. The predicted molar refractivity (Wildman–Crippen MR) is 121 cm³/mol. The first-order valence-corrected chi connectivity index (χ1v) is 10.9. The van der Waals surface area contributed by atoms with Crippen LogP contribution in [0.25, 0.3) is 22.0 Å². The molecule has 1 saturated heterocycles. The van der Waals surface area contributed by atoms with Gasteiger partial charge in [-0.15, -0.1) is 0 Å². The van der Waals surface area contributed by atoms with E-state index in [0.29, 0.717) is 41.0 Å². The molecule has 1 amide bonds. The number of fused-ring (bicyclic) bond motifs is 1. The average Bonchev–Trinajstić information content (AvgIpc) is 3.19. The van der Waals surface area contributed by atoms with Gasteiger partial charge in [0.2, 0.25) is 0 Å². The molecule has 2 heterocycles. The van der Waals surface area contributed by atoms with Gasteiger partial charge in [0.05, 0.1) is 5.56 Å². The molecule has 32 heavy (non-hydrogen) atoms. The Bertz CT molecular complexity index is 1180. The molecule has 0 saturated carbocycles. The molecule has 3 aromatic rings. The van der Waals surface area contributed by atoms with Gasteiger partial charge in [-0.3, -0.25) is 4.79 Å². The van der Waals surface area contributed by atoms with Gasteiger partial charge >= 0.3 is 0 Å². The Kier molecular flexibility index (Phi) is 5.89. The number of carbonyl (C=O) groups excluding carboxylic acids is 1. The SMILES string of the molecule is CC=C(C)C1CCN(C(=O)c2cc3[nH]cc(-c4cccc(C(C)(F)F)c4)c3cc2F)CC1. The Morgan fingerprint density at radius 2 is 1.91 bits per heavy atom. The highest BCUT2D eigenvalue weighted by molar-refractivity contribution is 6.02. The number of aromatic nitrogens is 1. The summed E-state index contributed by atoms with van der Waals surface area (Å²) in [4.78, 5) is 17.8. The second-order valence-electron chi connectivity index (χ2n) is 8.65. The van der Waals surface area contributed by atoms with Crippen LogP contribution in [0.2, 0.25) is 0 Å². The Morgan fingerprint density at radius 1 is 1.19 bits per heavy atom. The van der Waals surface area contributed by atoms with E-state index in [2.05, 4.69) is 18.0 Å². The van der Waals surface area contributed by atoms with E-state index in [9.17, 15) is 13.6 Å². The molecule has 1 fully saturated rings. The van der Waals surface area contributed by atoms with Crippen LogP contribution in [-0.2, 0) is 5.92 Å². The van der Waals surface area contributed by atoms with Crippen molar-refractivity contribution in [2.45, 2.75) is 39.5 Å². The average molecular weight is 441 g/mol. The minimum absolute atomic E-state index is 0.0287. The van der Waals surface area contributed by atoms with Crippen molar-refractivity contribution in [2.24, 2.45) is 5.92 Å². The Labute approximate surface area is 185 Å². The zero-order valence-electron chi connectivity index (χ0n) is 18.5. The first kappa shape index (κ1) is 22.2. The van der Waals surface area contributed by atoms with Crippen LogP contribution in [0.5, 0.6) is 0 Å². The summed E-state index contributed by atoms with van der Waals surface area (Å²) >= 11 is 0. The lowest BCUT2D eigenvalue weighted by atomic mass is 9.89. The Morgan fingerprint density at radius 3 is 2.56 bits per heavy atom. The standard InChI is InChI=1S/C26H27F3N2O/c1-4-16(2)17-8-10-31(11-9-17)25(32)21-14-24-20(13-23(21)27)22(15-30-24)18-6-5-7-19(12-18)26(3,28)29/h4-7,12-15,17,30H,8-11H2,1-3H3. The monoisotopic (exact) mass is 440 g/mol. The number of halogens is 3. The van der Waals surface area contributed by atoms with Crippen LogP contribution in [-0.4, -0.2) is 28.9 Å². The van der Waals surface area contributed by atoms with Crippen molar-refractivity contribution >= 4 is 16.8 Å². The third-order valence-electron chi connectivity index (χ3n) is 6.56. The second-order valence-corrected chi connectivity index (χ2v) is 8.65. The molecule has 0 bridgehead atoms. The maximum atomic E-state index is 15.0. The number of carbonyl (C=O) groups is 1. The van der Waals surface area contributed by atoms with Crippen LogP contribution in [0.1, 0.15) is 49.5 Å². The van der Waals surface area contributed by atoms with E-state index in [0.717, 1.165) is 19.8 Å². The Balaban J connectivity index is 1.62. The minimum Gasteiger partial charge on any atom is -0.361 e. The zero-order chi connectivity index (χ0) is 23.0. The second kappa shape index (κ2) is 8.49. The lowest BCUT2D eigenvalue weighted by Gasteiger charge is -2.32. The minimum atomic E-state index is -2.97. The number of aromatic amines is 1. The van der Waals surface area contributed by atoms with Gasteiger partial charge in [-0.05, 0) is 56.4 Å². The molecule has 0 radical (unpaired) electrons. The largest absolute Gasteiger partial charge is 0.361 e. The van der Waals surface area contributed by atoms with Gasteiger partial charge in [-0.25, -0.2) is 13.2 Å². The third-order valence-corrected chi connectivity index (χ3v) is 6.56. The molecule has 168 valence electrons. The van der Waals surface area contributed by atoms with E-state index in [1.165, 1.54) is 29.8 Å². The number of nitrogens with zero attached hydrogens (tertiary/aromatic N) is 1. The van der Waals surface area contributed by atoms with Crippen molar-refractivity contribution in [2.75, 3.05) is 13.1 Å². The predicted octanol–water partition coefficient (Wildman–Crippen LogP) is 6.90. The molecule has 0 atom stereocenters. The van der Waals surface area contributed by atoms with Crippen molar-refractivity contribution < 1.29 is 18.0 Å². The van der Waals surface area contributed by atoms with Crippen molar-refractivity contribution in [3.63, 3.8) is 0 Å². The molecule has 6 heteroatoms. The quantitative estimate of drug-likeness (QED) is 0.440.